The van der Waals surface area contributed by atoms with E-state index in [4.69, 9.17) is 0 Å². The molecule has 2 bridgehead atoms. The van der Waals surface area contributed by atoms with Gasteiger partial charge < -0.3 is 0 Å². The number of fused-ring (bicyclic) bond motifs is 2. The molecule has 2 aliphatic rings. The van der Waals surface area contributed by atoms with Crippen LogP contribution in [0.5, 0.6) is 0 Å². The molecule has 1 nitrogen and oxygen atoms in total. The van der Waals surface area contributed by atoms with Crippen molar-refractivity contribution in [2.45, 2.75) is 53.3 Å². The molecule has 0 aliphatic heterocycles. The number of ketones is 1. The highest BCUT2D eigenvalue weighted by Gasteiger charge is 2.58. The summed E-state index contributed by atoms with van der Waals surface area (Å²) in [6.45, 7) is 13.7. The zero-order valence-corrected chi connectivity index (χ0v) is 13.6. The first-order valence-electron chi connectivity index (χ1n) is 7.04. The van der Waals surface area contributed by atoms with Gasteiger partial charge in [0.15, 0.2) is 5.78 Å². The van der Waals surface area contributed by atoms with Gasteiger partial charge in [0.1, 0.15) is 0 Å². The maximum Gasteiger partial charge on any atom is 0.181 e. The second-order valence-corrected chi connectivity index (χ2v) is 12.9. The zero-order valence-electron chi connectivity index (χ0n) is 12.6. The highest BCUT2D eigenvalue weighted by molar-refractivity contribution is 6.81. The molecule has 0 aromatic heterocycles. The van der Waals surface area contributed by atoms with Crippen LogP contribution in [0.4, 0.5) is 0 Å². The summed E-state index contributed by atoms with van der Waals surface area (Å²) < 4.78 is 0. The van der Waals surface area contributed by atoms with Crippen molar-refractivity contribution in [3.63, 3.8) is 0 Å². The van der Waals surface area contributed by atoms with Crippen molar-refractivity contribution in [2.75, 3.05) is 0 Å². The van der Waals surface area contributed by atoms with Gasteiger partial charge in [0.25, 0.3) is 0 Å². The zero-order chi connectivity index (χ0) is 13.8. The molecule has 0 radical (unpaired) electrons. The molecule has 0 heterocycles. The fourth-order valence-corrected chi connectivity index (χ4v) is 4.12. The molecule has 1 saturated carbocycles. The summed E-state index contributed by atoms with van der Waals surface area (Å²) in [6, 6.07) is 0. The van der Waals surface area contributed by atoms with Crippen LogP contribution in [0.1, 0.15) is 33.6 Å². The van der Waals surface area contributed by atoms with Gasteiger partial charge in [0.05, 0.1) is 8.07 Å². The summed E-state index contributed by atoms with van der Waals surface area (Å²) in [5, 5.41) is 0. The monoisotopic (exact) mass is 262 g/mol. The van der Waals surface area contributed by atoms with Crippen LogP contribution < -0.4 is 0 Å². The van der Waals surface area contributed by atoms with Gasteiger partial charge in [-0.2, -0.15) is 0 Å². The third-order valence-corrected chi connectivity index (χ3v) is 6.43. The lowest BCUT2D eigenvalue weighted by Crippen LogP contribution is -2.32. The Balaban J connectivity index is 2.25. The molecule has 0 aromatic carbocycles. The van der Waals surface area contributed by atoms with Gasteiger partial charge in [-0.3, -0.25) is 4.79 Å². The third-order valence-electron chi connectivity index (χ3n) is 5.27. The van der Waals surface area contributed by atoms with E-state index in [-0.39, 0.29) is 16.6 Å². The van der Waals surface area contributed by atoms with E-state index in [1.54, 1.807) is 0 Å². The second-order valence-electron chi connectivity index (χ2n) is 7.84. The second kappa shape index (κ2) is 3.93. The number of carbonyl (C=O) groups is 1. The first-order chi connectivity index (χ1) is 8.08. The van der Waals surface area contributed by atoms with Gasteiger partial charge >= 0.3 is 0 Å². The van der Waals surface area contributed by atoms with Crippen LogP contribution in [0.15, 0.2) is 23.4 Å². The topological polar surface area (TPSA) is 17.1 Å². The van der Waals surface area contributed by atoms with Crippen LogP contribution >= 0.6 is 0 Å². The van der Waals surface area contributed by atoms with Crippen LogP contribution in [0.2, 0.25) is 19.6 Å². The maximum absolute atomic E-state index is 12.4. The normalized spacial score (nSPS) is 34.1. The van der Waals surface area contributed by atoms with Crippen molar-refractivity contribution in [3.05, 3.63) is 23.4 Å². The first-order valence-corrected chi connectivity index (χ1v) is 10.6. The molecule has 2 heteroatoms. The molecule has 18 heavy (non-hydrogen) atoms. The molecule has 0 N–H and O–H groups in total. The summed E-state index contributed by atoms with van der Waals surface area (Å²) in [5.74, 6) is 0.858. The predicted molar refractivity (Wildman–Crippen MR) is 80.2 cm³/mol. The minimum Gasteiger partial charge on any atom is -0.290 e. The van der Waals surface area contributed by atoms with Crippen molar-refractivity contribution < 1.29 is 4.79 Å². The highest BCUT2D eigenvalue weighted by Crippen LogP contribution is 2.65. The highest BCUT2D eigenvalue weighted by atomic mass is 28.3. The Hall–Kier alpha value is -0.633. The average Bonchev–Trinajstić information content (AvgIpc) is 2.56. The number of allylic oxidation sites excluding steroid dienone is 3. The van der Waals surface area contributed by atoms with E-state index in [1.165, 1.54) is 12.8 Å². The van der Waals surface area contributed by atoms with Crippen LogP contribution in [0.3, 0.4) is 0 Å². The molecule has 2 rings (SSSR count). The molecule has 2 atom stereocenters. The van der Waals surface area contributed by atoms with E-state index in [1.807, 2.05) is 6.08 Å². The van der Waals surface area contributed by atoms with E-state index in [9.17, 15) is 4.79 Å². The Morgan fingerprint density at radius 3 is 2.33 bits per heavy atom. The average molecular weight is 262 g/mol. The Morgan fingerprint density at radius 2 is 1.94 bits per heavy atom. The Bertz CT molecular complexity index is 437. The Labute approximate surface area is 112 Å². The molecule has 0 amide bonds. The Kier molecular flexibility index (Phi) is 3.01. The van der Waals surface area contributed by atoms with E-state index >= 15 is 0 Å². The molecule has 0 aromatic rings. The summed E-state index contributed by atoms with van der Waals surface area (Å²) in [4.78, 5) is 12.4. The maximum atomic E-state index is 12.4. The smallest absolute Gasteiger partial charge is 0.181 e. The molecular weight excluding hydrogens is 236 g/mol. The quantitative estimate of drug-likeness (QED) is 0.545. The number of hydrogen-bond donors (Lipinski definition) is 0. The minimum atomic E-state index is -1.28. The fourth-order valence-electron chi connectivity index (χ4n) is 3.46. The molecule has 100 valence electrons. The van der Waals surface area contributed by atoms with Gasteiger partial charge in [0.2, 0.25) is 0 Å². The van der Waals surface area contributed by atoms with Crippen LogP contribution in [-0.4, -0.2) is 13.9 Å². The summed E-state index contributed by atoms with van der Waals surface area (Å²) in [6.07, 6.45) is 6.53. The van der Waals surface area contributed by atoms with Gasteiger partial charge in [-0.15, -0.1) is 0 Å². The van der Waals surface area contributed by atoms with Crippen LogP contribution in [0.25, 0.3) is 0 Å². The number of carbonyl (C=O) groups excluding carboxylic acids is 1. The van der Waals surface area contributed by atoms with Gasteiger partial charge in [-0.25, -0.2) is 0 Å². The van der Waals surface area contributed by atoms with Crippen molar-refractivity contribution in [3.8, 4) is 0 Å². The van der Waals surface area contributed by atoms with Crippen LogP contribution in [0, 0.1) is 16.7 Å². The first kappa shape index (κ1) is 13.8. The molecular formula is C16H26OSi. The van der Waals surface area contributed by atoms with E-state index in [0.29, 0.717) is 5.92 Å². The number of hydrogen-bond acceptors (Lipinski definition) is 1. The lowest BCUT2D eigenvalue weighted by Gasteiger charge is -2.36. The fraction of sp³-hybridized carbons (Fsp3) is 0.688. The van der Waals surface area contributed by atoms with Crippen molar-refractivity contribution in [1.29, 1.82) is 0 Å². The standard InChI is InChI=1S/C16H26OSi/c1-15(2)12-7-9-16(15,3)13(11-12)14(17)8-10-18(4,5)6/h8,10-12H,7,9H2,1-6H3/b10-8+/t12-,16+/m1/s1. The lowest BCUT2D eigenvalue weighted by atomic mass is 9.67. The lowest BCUT2D eigenvalue weighted by molar-refractivity contribution is -0.112. The van der Waals surface area contributed by atoms with Gasteiger partial charge in [-0.1, -0.05) is 52.2 Å². The van der Waals surface area contributed by atoms with E-state index in [2.05, 4.69) is 52.2 Å². The SMILES string of the molecule is CC1(C)[C@H]2C=C(C(=O)/C=C/[Si](C)(C)C)[C@]1(C)CC2. The van der Waals surface area contributed by atoms with Crippen LogP contribution in [-0.2, 0) is 4.79 Å². The number of rotatable bonds is 3. The van der Waals surface area contributed by atoms with Gasteiger partial charge in [-0.05, 0) is 30.3 Å². The molecule has 0 saturated heterocycles. The predicted octanol–water partition coefficient (Wildman–Crippen LogP) is 4.37. The van der Waals surface area contributed by atoms with Crippen molar-refractivity contribution >= 4 is 13.9 Å². The molecule has 0 spiro atoms. The van der Waals surface area contributed by atoms with Crippen molar-refractivity contribution in [2.24, 2.45) is 16.7 Å². The summed E-state index contributed by atoms with van der Waals surface area (Å²) >= 11 is 0. The van der Waals surface area contributed by atoms with Gasteiger partial charge in [0, 0.05) is 11.0 Å². The molecule has 2 aliphatic carbocycles. The van der Waals surface area contributed by atoms with Crippen molar-refractivity contribution in [1.82, 2.24) is 0 Å². The van der Waals surface area contributed by atoms with E-state index < -0.39 is 8.07 Å². The third kappa shape index (κ3) is 1.95. The Morgan fingerprint density at radius 1 is 1.33 bits per heavy atom. The summed E-state index contributed by atoms with van der Waals surface area (Å²) in [7, 11) is -1.28. The molecule has 0 unspecified atom stereocenters. The largest absolute Gasteiger partial charge is 0.290 e. The van der Waals surface area contributed by atoms with E-state index in [0.717, 1.165) is 5.57 Å². The minimum absolute atomic E-state index is 0.0958. The molecule has 1 fully saturated rings. The summed E-state index contributed by atoms with van der Waals surface area (Å²) in [5.41, 5.74) is 3.60.